The van der Waals surface area contributed by atoms with E-state index in [1.54, 1.807) is 6.92 Å². The lowest BCUT2D eigenvalue weighted by Crippen LogP contribution is -2.53. The molecule has 0 bridgehead atoms. The van der Waals surface area contributed by atoms with Crippen LogP contribution in [0.1, 0.15) is 51.5 Å². The molecule has 6 nitrogen and oxygen atoms in total. The number of benzene rings is 1. The van der Waals surface area contributed by atoms with Gasteiger partial charge in [0.2, 0.25) is 5.91 Å². The second-order valence-corrected chi connectivity index (χ2v) is 7.69. The molecule has 0 spiro atoms. The average Bonchev–Trinajstić information content (AvgIpc) is 2.72. The molecule has 1 aromatic carbocycles. The number of amides is 1. The fraction of sp³-hybridized carbons (Fsp3) is 0.636. The molecular weight excluding hydrogens is 352 g/mol. The number of hydrogen-bond acceptors (Lipinski definition) is 3. The van der Waals surface area contributed by atoms with Crippen LogP contribution in [0.2, 0.25) is 0 Å². The van der Waals surface area contributed by atoms with Gasteiger partial charge in [-0.2, -0.15) is 0 Å². The lowest BCUT2D eigenvalue weighted by atomic mass is 9.98. The maximum Gasteiger partial charge on any atom is 0.219 e. The fourth-order valence-electron chi connectivity index (χ4n) is 3.92. The minimum absolute atomic E-state index is 0.149. The SMILES string of the molecule is CCNC(=NCc1cccc(OC2CCCCC2)c1)N1CCN(C(C)=O)CC1. The van der Waals surface area contributed by atoms with E-state index < -0.39 is 0 Å². The maximum absolute atomic E-state index is 11.5. The van der Waals surface area contributed by atoms with E-state index in [9.17, 15) is 4.79 Å². The molecule has 1 aromatic rings. The molecular formula is C22H34N4O2. The monoisotopic (exact) mass is 386 g/mol. The smallest absolute Gasteiger partial charge is 0.219 e. The summed E-state index contributed by atoms with van der Waals surface area (Å²) in [5.41, 5.74) is 1.16. The van der Waals surface area contributed by atoms with Crippen LogP contribution in [-0.2, 0) is 11.3 Å². The van der Waals surface area contributed by atoms with Gasteiger partial charge < -0.3 is 19.9 Å². The Morgan fingerprint density at radius 1 is 1.14 bits per heavy atom. The molecule has 1 aliphatic heterocycles. The van der Waals surface area contributed by atoms with Crippen molar-refractivity contribution in [2.24, 2.45) is 4.99 Å². The van der Waals surface area contributed by atoms with Crippen molar-refractivity contribution >= 4 is 11.9 Å². The van der Waals surface area contributed by atoms with Crippen LogP contribution in [0, 0.1) is 0 Å². The minimum Gasteiger partial charge on any atom is -0.490 e. The molecule has 0 radical (unpaired) electrons. The number of nitrogens with zero attached hydrogens (tertiary/aromatic N) is 3. The molecule has 154 valence electrons. The first kappa shape index (κ1) is 20.5. The number of carbonyl (C=O) groups excluding carboxylic acids is 1. The summed E-state index contributed by atoms with van der Waals surface area (Å²) in [5, 5.41) is 3.39. The zero-order chi connectivity index (χ0) is 19.8. The first-order chi connectivity index (χ1) is 13.7. The van der Waals surface area contributed by atoms with Gasteiger partial charge in [-0.1, -0.05) is 18.6 Å². The van der Waals surface area contributed by atoms with Gasteiger partial charge in [-0.3, -0.25) is 4.79 Å². The number of piperazine rings is 1. The van der Waals surface area contributed by atoms with Crippen molar-refractivity contribution in [1.82, 2.24) is 15.1 Å². The number of carbonyl (C=O) groups is 1. The molecule has 1 heterocycles. The largest absolute Gasteiger partial charge is 0.490 e. The summed E-state index contributed by atoms with van der Waals surface area (Å²) in [4.78, 5) is 20.5. The summed E-state index contributed by atoms with van der Waals surface area (Å²) in [6.07, 6.45) is 6.58. The molecule has 1 saturated carbocycles. The van der Waals surface area contributed by atoms with E-state index in [0.717, 1.165) is 50.0 Å². The molecule has 0 aromatic heterocycles. The third kappa shape index (κ3) is 5.88. The topological polar surface area (TPSA) is 57.2 Å². The van der Waals surface area contributed by atoms with Gasteiger partial charge in [-0.25, -0.2) is 4.99 Å². The standard InChI is InChI=1S/C22H34N4O2/c1-3-23-22(26-14-12-25(13-15-26)18(2)27)24-17-19-8-7-11-21(16-19)28-20-9-5-4-6-10-20/h7-8,11,16,20H,3-6,9-10,12-15,17H2,1-2H3,(H,23,24). The van der Waals surface area contributed by atoms with Crippen molar-refractivity contribution in [3.63, 3.8) is 0 Å². The van der Waals surface area contributed by atoms with Crippen LogP contribution < -0.4 is 10.1 Å². The Morgan fingerprint density at radius 2 is 1.86 bits per heavy atom. The molecule has 6 heteroatoms. The third-order valence-electron chi connectivity index (χ3n) is 5.52. The number of hydrogen-bond donors (Lipinski definition) is 1. The van der Waals surface area contributed by atoms with Gasteiger partial charge in [-0.15, -0.1) is 0 Å². The Morgan fingerprint density at radius 3 is 2.54 bits per heavy atom. The Kier molecular flexibility index (Phi) is 7.57. The van der Waals surface area contributed by atoms with Crippen molar-refractivity contribution in [2.75, 3.05) is 32.7 Å². The predicted molar refractivity (Wildman–Crippen MR) is 113 cm³/mol. The molecule has 28 heavy (non-hydrogen) atoms. The molecule has 0 unspecified atom stereocenters. The molecule has 2 aliphatic rings. The first-order valence-electron chi connectivity index (χ1n) is 10.7. The van der Waals surface area contributed by atoms with Crippen LogP contribution in [0.15, 0.2) is 29.3 Å². The second-order valence-electron chi connectivity index (χ2n) is 7.69. The van der Waals surface area contributed by atoms with Gasteiger partial charge in [0.1, 0.15) is 5.75 Å². The van der Waals surface area contributed by atoms with E-state index in [0.29, 0.717) is 12.6 Å². The van der Waals surface area contributed by atoms with Crippen molar-refractivity contribution < 1.29 is 9.53 Å². The van der Waals surface area contributed by atoms with Crippen LogP contribution in [-0.4, -0.2) is 60.5 Å². The van der Waals surface area contributed by atoms with Crippen molar-refractivity contribution in [3.05, 3.63) is 29.8 Å². The summed E-state index contributed by atoms with van der Waals surface area (Å²) in [6, 6.07) is 8.33. The normalized spacial score (nSPS) is 18.9. The van der Waals surface area contributed by atoms with E-state index in [-0.39, 0.29) is 5.91 Å². The molecule has 1 aliphatic carbocycles. The van der Waals surface area contributed by atoms with Gasteiger partial charge in [0.05, 0.1) is 12.6 Å². The summed E-state index contributed by atoms with van der Waals surface area (Å²) in [6.45, 7) is 8.31. The lowest BCUT2D eigenvalue weighted by Gasteiger charge is -2.36. The van der Waals surface area contributed by atoms with Crippen LogP contribution in [0.5, 0.6) is 5.75 Å². The van der Waals surface area contributed by atoms with E-state index in [2.05, 4.69) is 35.3 Å². The highest BCUT2D eigenvalue weighted by molar-refractivity contribution is 5.80. The van der Waals surface area contributed by atoms with Crippen molar-refractivity contribution in [2.45, 2.75) is 58.6 Å². The lowest BCUT2D eigenvalue weighted by molar-refractivity contribution is -0.130. The molecule has 1 N–H and O–H groups in total. The van der Waals surface area contributed by atoms with E-state index >= 15 is 0 Å². The number of ether oxygens (including phenoxy) is 1. The summed E-state index contributed by atoms with van der Waals surface area (Å²) < 4.78 is 6.19. The molecule has 1 saturated heterocycles. The first-order valence-corrected chi connectivity index (χ1v) is 10.7. The summed E-state index contributed by atoms with van der Waals surface area (Å²) in [5.74, 6) is 2.03. The average molecular weight is 387 g/mol. The zero-order valence-electron chi connectivity index (χ0n) is 17.3. The Bertz CT molecular complexity index is 662. The quantitative estimate of drug-likeness (QED) is 0.624. The van der Waals surface area contributed by atoms with Gasteiger partial charge in [0.15, 0.2) is 5.96 Å². The summed E-state index contributed by atoms with van der Waals surface area (Å²) in [7, 11) is 0. The number of nitrogens with one attached hydrogen (secondary N) is 1. The second kappa shape index (κ2) is 10.3. The van der Waals surface area contributed by atoms with Crippen LogP contribution in [0.3, 0.4) is 0 Å². The number of guanidine groups is 1. The zero-order valence-corrected chi connectivity index (χ0v) is 17.3. The molecule has 3 rings (SSSR count). The van der Waals surface area contributed by atoms with Gasteiger partial charge in [-0.05, 0) is 50.3 Å². The fourth-order valence-corrected chi connectivity index (χ4v) is 3.92. The van der Waals surface area contributed by atoms with Gasteiger partial charge in [0.25, 0.3) is 0 Å². The van der Waals surface area contributed by atoms with Gasteiger partial charge >= 0.3 is 0 Å². The highest BCUT2D eigenvalue weighted by Gasteiger charge is 2.21. The molecule has 2 fully saturated rings. The highest BCUT2D eigenvalue weighted by atomic mass is 16.5. The molecule has 0 atom stereocenters. The maximum atomic E-state index is 11.5. The van der Waals surface area contributed by atoms with Crippen molar-refractivity contribution in [3.8, 4) is 5.75 Å². The van der Waals surface area contributed by atoms with E-state index in [1.165, 1.54) is 32.1 Å². The van der Waals surface area contributed by atoms with E-state index in [4.69, 9.17) is 9.73 Å². The Balaban J connectivity index is 1.59. The number of rotatable bonds is 5. The van der Waals surface area contributed by atoms with Crippen LogP contribution in [0.25, 0.3) is 0 Å². The predicted octanol–water partition coefficient (Wildman–Crippen LogP) is 3.03. The highest BCUT2D eigenvalue weighted by Crippen LogP contribution is 2.24. The summed E-state index contributed by atoms with van der Waals surface area (Å²) >= 11 is 0. The molecule has 1 amide bonds. The minimum atomic E-state index is 0.149. The Hall–Kier alpha value is -2.24. The number of aliphatic imine (C=N–C) groups is 1. The van der Waals surface area contributed by atoms with Crippen LogP contribution in [0.4, 0.5) is 0 Å². The Labute approximate surface area is 168 Å². The van der Waals surface area contributed by atoms with Crippen molar-refractivity contribution in [1.29, 1.82) is 0 Å². The van der Waals surface area contributed by atoms with Gasteiger partial charge in [0, 0.05) is 39.6 Å². The van der Waals surface area contributed by atoms with Crippen LogP contribution >= 0.6 is 0 Å². The third-order valence-corrected chi connectivity index (χ3v) is 5.52. The van der Waals surface area contributed by atoms with E-state index in [1.807, 2.05) is 11.0 Å².